The zero-order chi connectivity index (χ0) is 24.8. The second-order valence-corrected chi connectivity index (χ2v) is 7.84. The van der Waals surface area contributed by atoms with Gasteiger partial charge in [-0.05, 0) is 30.8 Å². The van der Waals surface area contributed by atoms with E-state index < -0.39 is 17.7 Å². The normalized spacial score (nSPS) is 17.4. The molecule has 0 radical (unpaired) electrons. The molecule has 1 amide bonds. The van der Waals surface area contributed by atoms with Gasteiger partial charge in [0, 0.05) is 18.7 Å². The number of aliphatic hydroxyl groups is 1. The summed E-state index contributed by atoms with van der Waals surface area (Å²) < 4.78 is 16.4. The van der Waals surface area contributed by atoms with Crippen LogP contribution < -0.4 is 14.2 Å². The molecule has 1 heterocycles. The van der Waals surface area contributed by atoms with Gasteiger partial charge in [0.2, 0.25) is 5.75 Å². The van der Waals surface area contributed by atoms with Crippen LogP contribution in [0.5, 0.6) is 17.2 Å². The van der Waals surface area contributed by atoms with E-state index in [4.69, 9.17) is 14.2 Å². The largest absolute Gasteiger partial charge is 0.507 e. The second kappa shape index (κ2) is 11.1. The molecule has 8 heteroatoms. The van der Waals surface area contributed by atoms with Gasteiger partial charge in [-0.3, -0.25) is 9.59 Å². The summed E-state index contributed by atoms with van der Waals surface area (Å²) in [5.74, 6) is -0.403. The molecule has 2 aromatic carbocycles. The lowest BCUT2D eigenvalue weighted by Gasteiger charge is -2.29. The Morgan fingerprint density at radius 2 is 1.56 bits per heavy atom. The van der Waals surface area contributed by atoms with Gasteiger partial charge in [-0.2, -0.15) is 0 Å². The van der Waals surface area contributed by atoms with Crippen LogP contribution in [0.2, 0.25) is 0 Å². The van der Waals surface area contributed by atoms with Crippen molar-refractivity contribution in [3.63, 3.8) is 0 Å². The zero-order valence-corrected chi connectivity index (χ0v) is 20.3. The summed E-state index contributed by atoms with van der Waals surface area (Å²) in [5, 5.41) is 11.2. The second-order valence-electron chi connectivity index (χ2n) is 7.84. The number of carbonyl (C=O) groups excluding carboxylic acids is 2. The first kappa shape index (κ1) is 25.1. The quantitative estimate of drug-likeness (QED) is 0.324. The monoisotopic (exact) mass is 468 g/mol. The van der Waals surface area contributed by atoms with Crippen LogP contribution in [0.1, 0.15) is 31.0 Å². The van der Waals surface area contributed by atoms with Crippen molar-refractivity contribution in [3.05, 3.63) is 59.2 Å². The van der Waals surface area contributed by atoms with E-state index in [1.54, 1.807) is 36.4 Å². The maximum Gasteiger partial charge on any atom is 0.295 e. The van der Waals surface area contributed by atoms with E-state index in [1.165, 1.54) is 26.2 Å². The molecule has 0 bridgehead atoms. The number of carbonyl (C=O) groups is 2. The van der Waals surface area contributed by atoms with Crippen molar-refractivity contribution in [3.8, 4) is 17.2 Å². The number of benzene rings is 2. The topological polar surface area (TPSA) is 88.5 Å². The van der Waals surface area contributed by atoms with E-state index in [-0.39, 0.29) is 11.3 Å². The minimum atomic E-state index is -0.815. The summed E-state index contributed by atoms with van der Waals surface area (Å²) in [5.41, 5.74) is 1.07. The molecule has 1 aliphatic heterocycles. The number of hydrogen-bond acceptors (Lipinski definition) is 7. The summed E-state index contributed by atoms with van der Waals surface area (Å²) in [6, 6.07) is 11.3. The SMILES string of the molecule is CCN(CC)CCN1C(=O)C(=O)/C(=C(/O)c2ccccc2)[C@H]1c1cc(OC)c(OC)c(OC)c1. The number of methoxy groups -OCH3 is 3. The molecule has 0 unspecified atom stereocenters. The Hall–Kier alpha value is -3.52. The Morgan fingerprint density at radius 3 is 2.06 bits per heavy atom. The van der Waals surface area contributed by atoms with Crippen LogP contribution in [-0.4, -0.2) is 74.1 Å². The number of ether oxygens (including phenoxy) is 3. The third-order valence-electron chi connectivity index (χ3n) is 6.14. The summed E-state index contributed by atoms with van der Waals surface area (Å²) in [6.45, 7) is 6.64. The van der Waals surface area contributed by atoms with Crippen molar-refractivity contribution in [2.75, 3.05) is 47.5 Å². The van der Waals surface area contributed by atoms with Gasteiger partial charge in [-0.25, -0.2) is 0 Å². The van der Waals surface area contributed by atoms with E-state index >= 15 is 0 Å². The molecule has 1 aliphatic rings. The molecule has 0 saturated carbocycles. The standard InChI is InChI=1S/C26H32N2O6/c1-6-27(7-2)13-14-28-22(18-15-19(32-3)25(34-5)20(16-18)33-4)21(24(30)26(28)31)23(29)17-11-9-8-10-12-17/h8-12,15-16,22,29H,6-7,13-14H2,1-5H3/b23-21+/t22-/m1/s1. The minimum Gasteiger partial charge on any atom is -0.507 e. The summed E-state index contributed by atoms with van der Waals surface area (Å²) in [7, 11) is 4.51. The van der Waals surface area contributed by atoms with Gasteiger partial charge >= 0.3 is 0 Å². The molecule has 3 rings (SSSR count). The Bertz CT molecular complexity index is 1040. The molecule has 1 saturated heterocycles. The third-order valence-corrected chi connectivity index (χ3v) is 6.14. The lowest BCUT2D eigenvalue weighted by atomic mass is 9.94. The molecular formula is C26H32N2O6. The Morgan fingerprint density at radius 1 is 0.971 bits per heavy atom. The van der Waals surface area contributed by atoms with Crippen molar-refractivity contribution >= 4 is 17.4 Å². The van der Waals surface area contributed by atoms with Gasteiger partial charge in [0.05, 0.1) is 32.9 Å². The third kappa shape index (κ3) is 4.72. The number of ketones is 1. The Labute approximate surface area is 200 Å². The predicted molar refractivity (Wildman–Crippen MR) is 129 cm³/mol. The predicted octanol–water partition coefficient (Wildman–Crippen LogP) is 3.48. The van der Waals surface area contributed by atoms with E-state index in [2.05, 4.69) is 4.90 Å². The van der Waals surface area contributed by atoms with Crippen molar-refractivity contribution in [1.29, 1.82) is 0 Å². The van der Waals surface area contributed by atoms with E-state index in [9.17, 15) is 14.7 Å². The molecule has 34 heavy (non-hydrogen) atoms. The number of nitrogens with zero attached hydrogens (tertiary/aromatic N) is 2. The van der Waals surface area contributed by atoms with E-state index in [1.807, 2.05) is 19.9 Å². The van der Waals surface area contributed by atoms with E-state index in [0.717, 1.165) is 13.1 Å². The molecular weight excluding hydrogens is 436 g/mol. The smallest absolute Gasteiger partial charge is 0.295 e. The highest BCUT2D eigenvalue weighted by molar-refractivity contribution is 6.46. The van der Waals surface area contributed by atoms with Gasteiger partial charge in [0.15, 0.2) is 11.5 Å². The maximum atomic E-state index is 13.2. The molecule has 1 N–H and O–H groups in total. The summed E-state index contributed by atoms with van der Waals surface area (Å²) >= 11 is 0. The molecule has 1 atom stereocenters. The van der Waals surface area contributed by atoms with E-state index in [0.29, 0.717) is 41.5 Å². The average molecular weight is 469 g/mol. The van der Waals surface area contributed by atoms with Crippen LogP contribution >= 0.6 is 0 Å². The van der Waals surface area contributed by atoms with Crippen molar-refractivity contribution in [2.45, 2.75) is 19.9 Å². The van der Waals surface area contributed by atoms with Crippen LogP contribution in [0.25, 0.3) is 5.76 Å². The zero-order valence-electron chi connectivity index (χ0n) is 20.3. The van der Waals surface area contributed by atoms with Gasteiger partial charge < -0.3 is 29.1 Å². The van der Waals surface area contributed by atoms with Crippen LogP contribution in [0, 0.1) is 0 Å². The molecule has 0 aromatic heterocycles. The number of likely N-dealkylation sites (N-methyl/N-ethyl adjacent to an activating group) is 1. The number of rotatable bonds is 10. The van der Waals surface area contributed by atoms with Gasteiger partial charge in [-0.15, -0.1) is 0 Å². The average Bonchev–Trinajstić information content (AvgIpc) is 3.13. The minimum absolute atomic E-state index is 0.0324. The van der Waals surface area contributed by atoms with Crippen LogP contribution in [0.15, 0.2) is 48.0 Å². The molecule has 8 nitrogen and oxygen atoms in total. The lowest BCUT2D eigenvalue weighted by Crippen LogP contribution is -2.38. The van der Waals surface area contributed by atoms with Gasteiger partial charge in [0.25, 0.3) is 11.7 Å². The highest BCUT2D eigenvalue weighted by Crippen LogP contribution is 2.45. The number of aliphatic hydroxyl groups excluding tert-OH is 1. The molecule has 0 aliphatic carbocycles. The summed E-state index contributed by atoms with van der Waals surface area (Å²) in [4.78, 5) is 30.1. The highest BCUT2D eigenvalue weighted by Gasteiger charge is 2.46. The molecule has 0 spiro atoms. The summed E-state index contributed by atoms with van der Waals surface area (Å²) in [6.07, 6.45) is 0. The number of Topliss-reactive ketones (excluding diaryl/α,β-unsaturated/α-hetero) is 1. The number of amides is 1. The van der Waals surface area contributed by atoms with Crippen LogP contribution in [0.4, 0.5) is 0 Å². The van der Waals surface area contributed by atoms with Crippen LogP contribution in [-0.2, 0) is 9.59 Å². The fourth-order valence-corrected chi connectivity index (χ4v) is 4.26. The fourth-order valence-electron chi connectivity index (χ4n) is 4.26. The Balaban J connectivity index is 2.21. The maximum absolute atomic E-state index is 13.2. The lowest BCUT2D eigenvalue weighted by molar-refractivity contribution is -0.140. The van der Waals surface area contributed by atoms with Crippen molar-refractivity contribution < 1.29 is 28.9 Å². The number of likely N-dealkylation sites (tertiary alicyclic amines) is 1. The van der Waals surface area contributed by atoms with Crippen LogP contribution in [0.3, 0.4) is 0 Å². The molecule has 1 fully saturated rings. The fraction of sp³-hybridized carbons (Fsp3) is 0.385. The molecule has 2 aromatic rings. The number of hydrogen-bond donors (Lipinski definition) is 1. The van der Waals surface area contributed by atoms with Gasteiger partial charge in [-0.1, -0.05) is 44.2 Å². The van der Waals surface area contributed by atoms with Crippen molar-refractivity contribution in [2.24, 2.45) is 0 Å². The first-order valence-electron chi connectivity index (χ1n) is 11.3. The highest BCUT2D eigenvalue weighted by atomic mass is 16.5. The molecule has 182 valence electrons. The van der Waals surface area contributed by atoms with Gasteiger partial charge in [0.1, 0.15) is 5.76 Å². The first-order chi connectivity index (χ1) is 16.4. The Kier molecular flexibility index (Phi) is 8.17. The van der Waals surface area contributed by atoms with Crippen molar-refractivity contribution in [1.82, 2.24) is 9.80 Å². The first-order valence-corrected chi connectivity index (χ1v) is 11.3.